The summed E-state index contributed by atoms with van der Waals surface area (Å²) >= 11 is 1.29. The third-order valence-electron chi connectivity index (χ3n) is 3.23. The number of benzene rings is 1. The minimum Gasteiger partial charge on any atom is -0.364 e. The fraction of sp³-hybridized carbons (Fsp3) is 0.143. The van der Waals surface area contributed by atoms with E-state index in [1.165, 1.54) is 16.2 Å². The number of aromatic nitrogens is 1. The van der Waals surface area contributed by atoms with Crippen LogP contribution in [0.5, 0.6) is 0 Å². The number of hydrogen-bond donors (Lipinski definition) is 1. The second-order valence-corrected chi connectivity index (χ2v) is 5.49. The number of thiazole rings is 1. The highest BCUT2D eigenvalue weighted by molar-refractivity contribution is 7.09. The lowest BCUT2D eigenvalue weighted by molar-refractivity contribution is 0.0655. The van der Waals surface area contributed by atoms with Crippen molar-refractivity contribution in [1.29, 1.82) is 0 Å². The summed E-state index contributed by atoms with van der Waals surface area (Å²) in [5.41, 5.74) is 6.20. The van der Waals surface area contributed by atoms with E-state index in [9.17, 15) is 14.4 Å². The Morgan fingerprint density at radius 1 is 1.19 bits per heavy atom. The van der Waals surface area contributed by atoms with Gasteiger partial charge >= 0.3 is 0 Å². The van der Waals surface area contributed by atoms with Gasteiger partial charge in [-0.2, -0.15) is 0 Å². The molecule has 0 fully saturated rings. The van der Waals surface area contributed by atoms with E-state index in [4.69, 9.17) is 5.73 Å². The van der Waals surface area contributed by atoms with Crippen molar-refractivity contribution in [3.05, 3.63) is 51.5 Å². The molecule has 0 unspecified atom stereocenters. The SMILES string of the molecule is NC(=O)c1csc(CCN2C(=O)c3ccccc3C2=O)n1. The molecule has 3 rings (SSSR count). The molecule has 1 aromatic carbocycles. The zero-order valence-electron chi connectivity index (χ0n) is 10.9. The standard InChI is InChI=1S/C14H11N3O3S/c15-12(18)10-7-21-11(16-10)5-6-17-13(19)8-3-1-2-4-9(8)14(17)20/h1-4,7H,5-6H2,(H2,15,18). The number of carbonyl (C=O) groups is 3. The van der Waals surface area contributed by atoms with Crippen molar-refractivity contribution in [3.8, 4) is 0 Å². The quantitative estimate of drug-likeness (QED) is 0.855. The number of imide groups is 1. The van der Waals surface area contributed by atoms with Crippen molar-refractivity contribution >= 4 is 29.1 Å². The molecule has 1 aromatic heterocycles. The van der Waals surface area contributed by atoms with Crippen molar-refractivity contribution in [2.24, 2.45) is 5.73 Å². The van der Waals surface area contributed by atoms with E-state index >= 15 is 0 Å². The Balaban J connectivity index is 1.73. The van der Waals surface area contributed by atoms with Crippen molar-refractivity contribution in [3.63, 3.8) is 0 Å². The van der Waals surface area contributed by atoms with E-state index in [0.29, 0.717) is 22.6 Å². The first-order valence-corrected chi connectivity index (χ1v) is 7.15. The van der Waals surface area contributed by atoms with Gasteiger partial charge in [-0.25, -0.2) is 4.98 Å². The molecule has 6 nitrogen and oxygen atoms in total. The van der Waals surface area contributed by atoms with E-state index in [2.05, 4.69) is 4.98 Å². The summed E-state index contributed by atoms with van der Waals surface area (Å²) in [6.07, 6.45) is 0.406. The highest BCUT2D eigenvalue weighted by Crippen LogP contribution is 2.23. The molecule has 2 aromatic rings. The van der Waals surface area contributed by atoms with Gasteiger partial charge in [0.1, 0.15) is 5.69 Å². The summed E-state index contributed by atoms with van der Waals surface area (Å²) in [6, 6.07) is 6.75. The van der Waals surface area contributed by atoms with Crippen LogP contribution in [0.2, 0.25) is 0 Å². The van der Waals surface area contributed by atoms with Crippen LogP contribution in [0.4, 0.5) is 0 Å². The first kappa shape index (κ1) is 13.4. The van der Waals surface area contributed by atoms with E-state index in [0.717, 1.165) is 0 Å². The summed E-state index contributed by atoms with van der Waals surface area (Å²) < 4.78 is 0. The molecule has 0 aliphatic carbocycles. The van der Waals surface area contributed by atoms with Crippen molar-refractivity contribution in [1.82, 2.24) is 9.88 Å². The van der Waals surface area contributed by atoms with Gasteiger partial charge in [0.05, 0.1) is 16.1 Å². The lowest BCUT2D eigenvalue weighted by Crippen LogP contribution is -2.31. The molecule has 7 heteroatoms. The van der Waals surface area contributed by atoms with Crippen LogP contribution in [-0.2, 0) is 6.42 Å². The molecule has 0 bridgehead atoms. The lowest BCUT2D eigenvalue weighted by atomic mass is 10.1. The number of fused-ring (bicyclic) bond motifs is 1. The highest BCUT2D eigenvalue weighted by Gasteiger charge is 2.34. The minimum absolute atomic E-state index is 0.206. The number of primary amides is 1. The molecule has 0 spiro atoms. The molecule has 21 heavy (non-hydrogen) atoms. The molecule has 1 aliphatic rings. The zero-order chi connectivity index (χ0) is 15.0. The summed E-state index contributed by atoms with van der Waals surface area (Å²) in [4.78, 5) is 40.6. The van der Waals surface area contributed by atoms with Crippen LogP contribution in [0.1, 0.15) is 36.2 Å². The number of rotatable bonds is 4. The Labute approximate surface area is 124 Å². The second kappa shape index (κ2) is 5.10. The topological polar surface area (TPSA) is 93.4 Å². The molecule has 0 atom stereocenters. The number of hydrogen-bond acceptors (Lipinski definition) is 5. The van der Waals surface area contributed by atoms with Gasteiger partial charge in [-0.3, -0.25) is 19.3 Å². The Kier molecular flexibility index (Phi) is 3.26. The van der Waals surface area contributed by atoms with Crippen molar-refractivity contribution in [2.45, 2.75) is 6.42 Å². The van der Waals surface area contributed by atoms with Gasteiger partial charge in [-0.05, 0) is 12.1 Å². The van der Waals surface area contributed by atoms with Crippen LogP contribution in [0.25, 0.3) is 0 Å². The van der Waals surface area contributed by atoms with Gasteiger partial charge < -0.3 is 5.73 Å². The third-order valence-corrected chi connectivity index (χ3v) is 4.14. The van der Waals surface area contributed by atoms with Crippen LogP contribution < -0.4 is 5.73 Å². The summed E-state index contributed by atoms with van der Waals surface area (Å²) in [5.74, 6) is -1.16. The third kappa shape index (κ3) is 2.31. The van der Waals surface area contributed by atoms with E-state index in [1.54, 1.807) is 29.6 Å². The van der Waals surface area contributed by atoms with E-state index < -0.39 is 5.91 Å². The van der Waals surface area contributed by atoms with Gasteiger partial charge in [0, 0.05) is 18.3 Å². The van der Waals surface area contributed by atoms with Gasteiger partial charge in [0.25, 0.3) is 17.7 Å². The summed E-state index contributed by atoms with van der Waals surface area (Å²) in [6.45, 7) is 0.234. The first-order chi connectivity index (χ1) is 10.1. The van der Waals surface area contributed by atoms with Crippen LogP contribution in [0.3, 0.4) is 0 Å². The fourth-order valence-corrected chi connectivity index (χ4v) is 2.97. The monoisotopic (exact) mass is 301 g/mol. The molecule has 3 amide bonds. The molecule has 0 saturated carbocycles. The maximum Gasteiger partial charge on any atom is 0.268 e. The minimum atomic E-state index is -0.585. The van der Waals surface area contributed by atoms with Gasteiger partial charge in [0.15, 0.2) is 0 Å². The van der Waals surface area contributed by atoms with Gasteiger partial charge in [-0.15, -0.1) is 11.3 Å². The maximum atomic E-state index is 12.2. The predicted molar refractivity (Wildman–Crippen MR) is 76.1 cm³/mol. The van der Waals surface area contributed by atoms with E-state index in [-0.39, 0.29) is 24.1 Å². The Morgan fingerprint density at radius 3 is 2.33 bits per heavy atom. The molecule has 1 aliphatic heterocycles. The Bertz CT molecular complexity index is 718. The number of nitrogens with two attached hydrogens (primary N) is 1. The number of carbonyl (C=O) groups excluding carboxylic acids is 3. The molecular weight excluding hydrogens is 290 g/mol. The van der Waals surface area contributed by atoms with E-state index in [1.807, 2.05) is 0 Å². The van der Waals surface area contributed by atoms with Crippen LogP contribution in [-0.4, -0.2) is 34.2 Å². The Morgan fingerprint density at radius 2 is 1.81 bits per heavy atom. The maximum absolute atomic E-state index is 12.2. The average Bonchev–Trinajstić information content (AvgIpc) is 3.03. The number of amides is 3. The second-order valence-electron chi connectivity index (χ2n) is 4.55. The van der Waals surface area contributed by atoms with Crippen molar-refractivity contribution < 1.29 is 14.4 Å². The van der Waals surface area contributed by atoms with Gasteiger partial charge in [-0.1, -0.05) is 12.1 Å². The smallest absolute Gasteiger partial charge is 0.268 e. The summed E-state index contributed by atoms with van der Waals surface area (Å²) in [7, 11) is 0. The molecule has 2 N–H and O–H groups in total. The molecule has 0 radical (unpaired) electrons. The van der Waals surface area contributed by atoms with Crippen LogP contribution in [0.15, 0.2) is 29.6 Å². The molecule has 0 saturated heterocycles. The van der Waals surface area contributed by atoms with Crippen LogP contribution >= 0.6 is 11.3 Å². The normalized spacial score (nSPS) is 13.6. The predicted octanol–water partition coefficient (Wildman–Crippen LogP) is 1.08. The van der Waals surface area contributed by atoms with Crippen LogP contribution in [0, 0.1) is 0 Å². The largest absolute Gasteiger partial charge is 0.364 e. The molecular formula is C14H11N3O3S. The average molecular weight is 301 g/mol. The number of nitrogens with zero attached hydrogens (tertiary/aromatic N) is 2. The van der Waals surface area contributed by atoms with Crippen molar-refractivity contribution in [2.75, 3.05) is 6.54 Å². The zero-order valence-corrected chi connectivity index (χ0v) is 11.7. The Hall–Kier alpha value is -2.54. The van der Waals surface area contributed by atoms with Gasteiger partial charge in [0.2, 0.25) is 0 Å². The highest BCUT2D eigenvalue weighted by atomic mass is 32.1. The summed E-state index contributed by atoms with van der Waals surface area (Å²) in [5, 5.41) is 2.24. The first-order valence-electron chi connectivity index (χ1n) is 6.27. The molecule has 2 heterocycles. The molecule has 106 valence electrons. The lowest BCUT2D eigenvalue weighted by Gasteiger charge is -2.12. The fourth-order valence-electron chi connectivity index (χ4n) is 2.19.